The van der Waals surface area contributed by atoms with E-state index in [-0.39, 0.29) is 12.6 Å². The molecule has 0 bridgehead atoms. The number of carbonyl (C=O) groups excluding carboxylic acids is 1. The first kappa shape index (κ1) is 24.8. The van der Waals surface area contributed by atoms with Crippen LogP contribution in [0.4, 0.5) is 4.39 Å². The molecule has 0 saturated carbocycles. The number of nitrogens with zero attached hydrogens (tertiary/aromatic N) is 1. The first-order chi connectivity index (χ1) is 18.6. The molecule has 2 aliphatic carbocycles. The second-order valence-corrected chi connectivity index (χ2v) is 10.7. The highest BCUT2D eigenvalue weighted by Crippen LogP contribution is 2.41. The molecule has 0 spiro atoms. The molecule has 3 aliphatic rings. The number of hydrogen-bond acceptors (Lipinski definition) is 3. The van der Waals surface area contributed by atoms with Crippen LogP contribution >= 0.6 is 0 Å². The number of hydrogen-bond donors (Lipinski definition) is 0. The number of rotatable bonds is 7. The molecule has 1 heterocycles. The van der Waals surface area contributed by atoms with E-state index in [2.05, 4.69) is 59.5 Å². The maximum Gasteiger partial charge on any atom is 0.337 e. The van der Waals surface area contributed by atoms with E-state index < -0.39 is 0 Å². The van der Waals surface area contributed by atoms with Crippen molar-refractivity contribution in [2.45, 2.75) is 38.5 Å². The fraction of sp³-hybridized carbons (Fsp3) is 0.324. The van der Waals surface area contributed by atoms with Gasteiger partial charge in [-0.25, -0.2) is 4.79 Å². The van der Waals surface area contributed by atoms with Crippen LogP contribution in [-0.4, -0.2) is 44.3 Å². The van der Waals surface area contributed by atoms with Gasteiger partial charge in [-0.3, -0.25) is 9.29 Å². The Morgan fingerprint density at radius 1 is 0.895 bits per heavy atom. The minimum Gasteiger partial charge on any atom is -0.465 e. The second kappa shape index (κ2) is 10.7. The first-order valence-corrected chi connectivity index (χ1v) is 13.8. The van der Waals surface area contributed by atoms with Crippen molar-refractivity contribution in [3.8, 4) is 0 Å². The summed E-state index contributed by atoms with van der Waals surface area (Å²) in [5.41, 5.74) is 13.8. The van der Waals surface area contributed by atoms with Gasteiger partial charge in [0.2, 0.25) is 0 Å². The number of fused-ring (bicyclic) bond motifs is 2. The third kappa shape index (κ3) is 4.86. The Hall–Kier alpha value is -3.50. The standard InChI is InChI=1S/C34H34FNO2/c1-38-34(37)30-14-15-32-28(20-30)4-2-5-31(29-13-11-25-10-12-27(25)19-29)33(32)26-8-6-23(7-9-26)18-24-21-36(22-24)17-3-16-35/h6-9,11,13-15,18-20H,2-5,10,12,16-17,21-22H2,1H3. The minimum atomic E-state index is -0.290. The third-order valence-electron chi connectivity index (χ3n) is 8.22. The van der Waals surface area contributed by atoms with Crippen LogP contribution in [0.25, 0.3) is 17.2 Å². The Morgan fingerprint density at radius 3 is 2.39 bits per heavy atom. The van der Waals surface area contributed by atoms with Crippen molar-refractivity contribution in [3.63, 3.8) is 0 Å². The Labute approximate surface area is 224 Å². The summed E-state index contributed by atoms with van der Waals surface area (Å²) in [6.07, 6.45) is 8.21. The second-order valence-electron chi connectivity index (χ2n) is 10.7. The largest absolute Gasteiger partial charge is 0.465 e. The summed E-state index contributed by atoms with van der Waals surface area (Å²) in [6, 6.07) is 21.9. The highest BCUT2D eigenvalue weighted by molar-refractivity contribution is 6.01. The predicted octanol–water partition coefficient (Wildman–Crippen LogP) is 6.93. The molecule has 0 amide bonds. The van der Waals surface area contributed by atoms with E-state index in [4.69, 9.17) is 4.74 Å². The smallest absolute Gasteiger partial charge is 0.337 e. The molecule has 0 aromatic heterocycles. The van der Waals surface area contributed by atoms with Crippen LogP contribution in [0.3, 0.4) is 0 Å². The maximum atomic E-state index is 12.4. The van der Waals surface area contributed by atoms with Gasteiger partial charge >= 0.3 is 5.97 Å². The van der Waals surface area contributed by atoms with Crippen LogP contribution < -0.4 is 0 Å². The fourth-order valence-corrected chi connectivity index (χ4v) is 6.08. The number of benzene rings is 3. The summed E-state index contributed by atoms with van der Waals surface area (Å²) < 4.78 is 17.4. The summed E-state index contributed by atoms with van der Waals surface area (Å²) in [5.74, 6) is -0.290. The fourth-order valence-electron chi connectivity index (χ4n) is 6.08. The number of carbonyl (C=O) groups is 1. The monoisotopic (exact) mass is 507 g/mol. The number of alkyl halides is 1. The minimum absolute atomic E-state index is 0.243. The zero-order valence-corrected chi connectivity index (χ0v) is 22.1. The SMILES string of the molecule is COC(=O)c1ccc2c(c1)CCCC(c1ccc3c(c1)CC3)=C2c1ccc(C=C2CN(CCCF)C2)cc1. The summed E-state index contributed by atoms with van der Waals surface area (Å²) in [6.45, 7) is 2.47. The highest BCUT2D eigenvalue weighted by Gasteiger charge is 2.23. The number of esters is 1. The molecule has 3 nitrogen and oxygen atoms in total. The van der Waals surface area contributed by atoms with Gasteiger partial charge in [0.15, 0.2) is 0 Å². The lowest BCUT2D eigenvalue weighted by atomic mass is 9.82. The highest BCUT2D eigenvalue weighted by atomic mass is 19.1. The van der Waals surface area contributed by atoms with Gasteiger partial charge < -0.3 is 4.74 Å². The van der Waals surface area contributed by atoms with Crippen LogP contribution in [0.2, 0.25) is 0 Å². The van der Waals surface area contributed by atoms with Crippen molar-refractivity contribution in [1.82, 2.24) is 4.90 Å². The zero-order valence-electron chi connectivity index (χ0n) is 22.1. The predicted molar refractivity (Wildman–Crippen MR) is 152 cm³/mol. The first-order valence-electron chi connectivity index (χ1n) is 13.8. The summed E-state index contributed by atoms with van der Waals surface area (Å²) in [5, 5.41) is 0. The van der Waals surface area contributed by atoms with Gasteiger partial charge in [-0.2, -0.15) is 0 Å². The van der Waals surface area contributed by atoms with Gasteiger partial charge in [-0.1, -0.05) is 54.6 Å². The third-order valence-corrected chi connectivity index (χ3v) is 8.22. The molecule has 3 aromatic carbocycles. The Balaban J connectivity index is 1.38. The van der Waals surface area contributed by atoms with Crippen LogP contribution in [0, 0.1) is 0 Å². The average Bonchev–Trinajstić information content (AvgIpc) is 3.09. The molecule has 0 radical (unpaired) electrons. The topological polar surface area (TPSA) is 29.5 Å². The molecule has 0 unspecified atom stereocenters. The zero-order chi connectivity index (χ0) is 26.1. The van der Waals surface area contributed by atoms with Gasteiger partial charge in [0.05, 0.1) is 19.3 Å². The van der Waals surface area contributed by atoms with Gasteiger partial charge in [-0.15, -0.1) is 0 Å². The Bertz CT molecular complexity index is 1430. The number of aryl methyl sites for hydroxylation is 3. The molecule has 0 N–H and O–H groups in total. The van der Waals surface area contributed by atoms with Crippen molar-refractivity contribution in [2.75, 3.05) is 33.4 Å². The number of likely N-dealkylation sites (tertiary alicyclic amines) is 1. The van der Waals surface area contributed by atoms with E-state index in [9.17, 15) is 9.18 Å². The van der Waals surface area contributed by atoms with E-state index in [1.807, 2.05) is 12.1 Å². The van der Waals surface area contributed by atoms with Crippen molar-refractivity contribution in [2.24, 2.45) is 0 Å². The molecule has 3 aromatic rings. The molecule has 1 saturated heterocycles. The Morgan fingerprint density at radius 2 is 1.68 bits per heavy atom. The van der Waals surface area contributed by atoms with E-state index in [1.54, 1.807) is 0 Å². The van der Waals surface area contributed by atoms with E-state index in [1.165, 1.54) is 75.6 Å². The van der Waals surface area contributed by atoms with Crippen LogP contribution in [0.5, 0.6) is 0 Å². The molecular weight excluding hydrogens is 473 g/mol. The van der Waals surface area contributed by atoms with Crippen molar-refractivity contribution >= 4 is 23.2 Å². The maximum absolute atomic E-state index is 12.4. The van der Waals surface area contributed by atoms with Crippen LogP contribution in [-0.2, 0) is 24.0 Å². The van der Waals surface area contributed by atoms with Gasteiger partial charge in [-0.05, 0) is 106 Å². The number of allylic oxidation sites excluding steroid dienone is 1. The molecular formula is C34H34FNO2. The van der Waals surface area contributed by atoms with Crippen molar-refractivity contribution < 1.29 is 13.9 Å². The molecule has 6 rings (SSSR count). The lowest BCUT2D eigenvalue weighted by Crippen LogP contribution is -2.40. The summed E-state index contributed by atoms with van der Waals surface area (Å²) in [7, 11) is 1.44. The van der Waals surface area contributed by atoms with Crippen LogP contribution in [0.1, 0.15) is 68.6 Å². The van der Waals surface area contributed by atoms with E-state index in [0.29, 0.717) is 12.0 Å². The number of ether oxygens (including phenoxy) is 1. The summed E-state index contributed by atoms with van der Waals surface area (Å²) in [4.78, 5) is 14.6. The molecule has 1 fully saturated rings. The van der Waals surface area contributed by atoms with Crippen molar-refractivity contribution in [1.29, 1.82) is 0 Å². The molecule has 1 aliphatic heterocycles. The normalized spacial score (nSPS) is 16.6. The average molecular weight is 508 g/mol. The quantitative estimate of drug-likeness (QED) is 0.325. The lowest BCUT2D eigenvalue weighted by molar-refractivity contribution is 0.0600. The number of methoxy groups -OCH3 is 1. The van der Waals surface area contributed by atoms with Crippen LogP contribution in [0.15, 0.2) is 66.2 Å². The van der Waals surface area contributed by atoms with Gasteiger partial charge in [0.1, 0.15) is 0 Å². The summed E-state index contributed by atoms with van der Waals surface area (Å²) >= 11 is 0. The number of halogens is 1. The molecule has 38 heavy (non-hydrogen) atoms. The van der Waals surface area contributed by atoms with E-state index in [0.717, 1.165) is 38.9 Å². The van der Waals surface area contributed by atoms with Gasteiger partial charge in [0, 0.05) is 19.6 Å². The molecule has 0 atom stereocenters. The lowest BCUT2D eigenvalue weighted by Gasteiger charge is -2.33. The van der Waals surface area contributed by atoms with E-state index >= 15 is 0 Å². The Kier molecular flexibility index (Phi) is 6.99. The van der Waals surface area contributed by atoms with Gasteiger partial charge in [0.25, 0.3) is 0 Å². The molecule has 194 valence electrons. The van der Waals surface area contributed by atoms with Crippen molar-refractivity contribution in [3.05, 3.63) is 111 Å². The molecule has 4 heteroatoms.